The molecule has 0 saturated heterocycles. The number of nitrogens with one attached hydrogen (secondary N) is 1. The van der Waals surface area contributed by atoms with Crippen molar-refractivity contribution in [2.45, 2.75) is 38.1 Å². The first-order valence-electron chi connectivity index (χ1n) is 7.17. The maximum Gasteiger partial charge on any atom is 0.293 e. The Morgan fingerprint density at radius 2 is 2.10 bits per heavy atom. The third-order valence-electron chi connectivity index (χ3n) is 4.23. The molecule has 6 nitrogen and oxygen atoms in total. The van der Waals surface area contributed by atoms with E-state index in [-0.39, 0.29) is 17.1 Å². The lowest BCUT2D eigenvalue weighted by atomic mass is 9.74. The largest absolute Gasteiger partial charge is 0.374 e. The van der Waals surface area contributed by atoms with Crippen molar-refractivity contribution < 1.29 is 9.72 Å². The molecular formula is C15H21N3O3. The maximum atomic E-state index is 11.9. The summed E-state index contributed by atoms with van der Waals surface area (Å²) in [6, 6.07) is 4.64. The molecule has 1 aromatic rings. The predicted molar refractivity (Wildman–Crippen MR) is 81.6 cm³/mol. The van der Waals surface area contributed by atoms with E-state index in [0.29, 0.717) is 11.3 Å². The molecule has 0 bridgehead atoms. The van der Waals surface area contributed by atoms with Crippen molar-refractivity contribution in [3.63, 3.8) is 0 Å². The zero-order valence-electron chi connectivity index (χ0n) is 12.7. The van der Waals surface area contributed by atoms with Gasteiger partial charge in [0.1, 0.15) is 5.69 Å². The van der Waals surface area contributed by atoms with Crippen molar-refractivity contribution in [3.05, 3.63) is 33.9 Å². The minimum absolute atomic E-state index is 0.0299. The standard InChI is InChI=1S/C15H21N3O3/c1-4-15(8-5-9-15)16-12-7-6-11(14(19)17(2)3)10-13(12)18(20)21/h6-7,10,16H,4-5,8-9H2,1-3H3. The van der Waals surface area contributed by atoms with Crippen LogP contribution < -0.4 is 5.32 Å². The molecule has 1 aromatic carbocycles. The first-order chi connectivity index (χ1) is 9.88. The molecule has 0 heterocycles. The van der Waals surface area contributed by atoms with Gasteiger partial charge in [0.15, 0.2) is 0 Å². The summed E-state index contributed by atoms with van der Waals surface area (Å²) in [5.74, 6) is -0.238. The number of carbonyl (C=O) groups excluding carboxylic acids is 1. The van der Waals surface area contributed by atoms with Gasteiger partial charge in [-0.25, -0.2) is 0 Å². The number of nitro groups is 1. The van der Waals surface area contributed by atoms with E-state index < -0.39 is 4.92 Å². The van der Waals surface area contributed by atoms with E-state index in [9.17, 15) is 14.9 Å². The highest BCUT2D eigenvalue weighted by atomic mass is 16.6. The van der Waals surface area contributed by atoms with Crippen LogP contribution >= 0.6 is 0 Å². The summed E-state index contributed by atoms with van der Waals surface area (Å²) in [6.45, 7) is 2.09. The number of benzene rings is 1. The Morgan fingerprint density at radius 1 is 1.43 bits per heavy atom. The molecule has 21 heavy (non-hydrogen) atoms. The average molecular weight is 291 g/mol. The fourth-order valence-electron chi connectivity index (χ4n) is 2.64. The van der Waals surface area contributed by atoms with Crippen LogP contribution in [0.3, 0.4) is 0 Å². The van der Waals surface area contributed by atoms with Crippen LogP contribution in [0.5, 0.6) is 0 Å². The highest BCUT2D eigenvalue weighted by Gasteiger charge is 2.36. The SMILES string of the molecule is CCC1(Nc2ccc(C(=O)N(C)C)cc2[N+](=O)[O-])CCC1. The van der Waals surface area contributed by atoms with E-state index in [1.165, 1.54) is 11.0 Å². The summed E-state index contributed by atoms with van der Waals surface area (Å²) in [5.41, 5.74) is 0.758. The zero-order valence-corrected chi connectivity index (χ0v) is 12.7. The molecule has 0 aliphatic heterocycles. The molecule has 0 atom stereocenters. The molecule has 1 aliphatic carbocycles. The van der Waals surface area contributed by atoms with Crippen LogP contribution in [0.2, 0.25) is 0 Å². The predicted octanol–water partition coefficient (Wildman–Crippen LogP) is 3.04. The first kappa shape index (κ1) is 15.3. The van der Waals surface area contributed by atoms with Crippen LogP contribution in [0.25, 0.3) is 0 Å². The first-order valence-corrected chi connectivity index (χ1v) is 7.17. The number of hydrogen-bond donors (Lipinski definition) is 1. The van der Waals surface area contributed by atoms with Crippen LogP contribution in [-0.4, -0.2) is 35.4 Å². The van der Waals surface area contributed by atoms with Gasteiger partial charge in [-0.05, 0) is 37.8 Å². The topological polar surface area (TPSA) is 75.5 Å². The van der Waals surface area contributed by atoms with Crippen molar-refractivity contribution in [1.29, 1.82) is 0 Å². The van der Waals surface area contributed by atoms with Crippen molar-refractivity contribution in [2.75, 3.05) is 19.4 Å². The van der Waals surface area contributed by atoms with E-state index in [0.717, 1.165) is 25.7 Å². The van der Waals surface area contributed by atoms with Crippen molar-refractivity contribution in [1.82, 2.24) is 4.90 Å². The number of nitro benzene ring substituents is 1. The minimum Gasteiger partial charge on any atom is -0.374 e. The Labute approximate surface area is 124 Å². The Balaban J connectivity index is 2.34. The Hall–Kier alpha value is -2.11. The van der Waals surface area contributed by atoms with Crippen LogP contribution in [-0.2, 0) is 0 Å². The Morgan fingerprint density at radius 3 is 2.52 bits per heavy atom. The summed E-state index contributed by atoms with van der Waals surface area (Å²) >= 11 is 0. The van der Waals surface area contributed by atoms with E-state index >= 15 is 0 Å². The number of hydrogen-bond acceptors (Lipinski definition) is 4. The second-order valence-electron chi connectivity index (χ2n) is 5.80. The molecule has 1 saturated carbocycles. The molecule has 0 radical (unpaired) electrons. The van der Waals surface area contributed by atoms with Crippen LogP contribution in [0, 0.1) is 10.1 Å². The molecule has 6 heteroatoms. The molecule has 0 aromatic heterocycles. The number of amides is 1. The van der Waals surface area contributed by atoms with Gasteiger partial charge in [0.25, 0.3) is 11.6 Å². The molecule has 1 aliphatic rings. The second-order valence-corrected chi connectivity index (χ2v) is 5.80. The number of rotatable bonds is 5. The lowest BCUT2D eigenvalue weighted by Crippen LogP contribution is -2.44. The molecule has 0 unspecified atom stereocenters. The lowest BCUT2D eigenvalue weighted by Gasteiger charge is -2.42. The third-order valence-corrected chi connectivity index (χ3v) is 4.23. The van der Waals surface area contributed by atoms with Crippen molar-refractivity contribution >= 4 is 17.3 Å². The van der Waals surface area contributed by atoms with Gasteiger partial charge >= 0.3 is 0 Å². The molecule has 0 spiro atoms. The average Bonchev–Trinajstić information content (AvgIpc) is 2.41. The zero-order chi connectivity index (χ0) is 15.6. The number of nitrogens with zero attached hydrogens (tertiary/aromatic N) is 2. The fourth-order valence-corrected chi connectivity index (χ4v) is 2.64. The van der Waals surface area contributed by atoms with Gasteiger partial charge in [0.05, 0.1) is 4.92 Å². The highest BCUT2D eigenvalue weighted by molar-refractivity contribution is 5.95. The summed E-state index contributed by atoms with van der Waals surface area (Å²) in [7, 11) is 3.25. The molecule has 1 fully saturated rings. The third kappa shape index (κ3) is 2.99. The van der Waals surface area contributed by atoms with Gasteiger partial charge in [-0.15, -0.1) is 0 Å². The Kier molecular flexibility index (Phi) is 4.16. The lowest BCUT2D eigenvalue weighted by molar-refractivity contribution is -0.384. The van der Waals surface area contributed by atoms with E-state index in [2.05, 4.69) is 12.2 Å². The second kappa shape index (κ2) is 5.71. The van der Waals surface area contributed by atoms with Crippen LogP contribution in [0.15, 0.2) is 18.2 Å². The molecular weight excluding hydrogens is 270 g/mol. The smallest absolute Gasteiger partial charge is 0.293 e. The van der Waals surface area contributed by atoms with Gasteiger partial charge in [0.2, 0.25) is 0 Å². The van der Waals surface area contributed by atoms with E-state index in [1.807, 2.05) is 0 Å². The van der Waals surface area contributed by atoms with Gasteiger partial charge < -0.3 is 10.2 Å². The quantitative estimate of drug-likeness (QED) is 0.668. The van der Waals surface area contributed by atoms with Crippen molar-refractivity contribution in [2.24, 2.45) is 0 Å². The maximum absolute atomic E-state index is 11.9. The van der Waals surface area contributed by atoms with Crippen LogP contribution in [0.1, 0.15) is 43.0 Å². The van der Waals surface area contributed by atoms with E-state index in [1.54, 1.807) is 26.2 Å². The van der Waals surface area contributed by atoms with Gasteiger partial charge in [0, 0.05) is 31.3 Å². The Bertz CT molecular complexity index is 560. The molecule has 1 amide bonds. The summed E-state index contributed by atoms with van der Waals surface area (Å²) in [6.07, 6.45) is 4.13. The molecule has 1 N–H and O–H groups in total. The van der Waals surface area contributed by atoms with Gasteiger partial charge in [-0.3, -0.25) is 14.9 Å². The normalized spacial score (nSPS) is 16.0. The van der Waals surface area contributed by atoms with Crippen LogP contribution in [0.4, 0.5) is 11.4 Å². The van der Waals surface area contributed by atoms with Crippen molar-refractivity contribution in [3.8, 4) is 0 Å². The number of carbonyl (C=O) groups is 1. The summed E-state index contributed by atoms with van der Waals surface area (Å²) < 4.78 is 0. The highest BCUT2D eigenvalue weighted by Crippen LogP contribution is 2.40. The van der Waals surface area contributed by atoms with E-state index in [4.69, 9.17) is 0 Å². The van der Waals surface area contributed by atoms with Gasteiger partial charge in [-0.1, -0.05) is 6.92 Å². The number of anilines is 1. The minimum atomic E-state index is -0.434. The molecule has 2 rings (SSSR count). The molecule has 114 valence electrons. The summed E-state index contributed by atoms with van der Waals surface area (Å²) in [4.78, 5) is 24.2. The monoisotopic (exact) mass is 291 g/mol. The fraction of sp³-hybridized carbons (Fsp3) is 0.533. The van der Waals surface area contributed by atoms with Gasteiger partial charge in [-0.2, -0.15) is 0 Å². The summed E-state index contributed by atoms with van der Waals surface area (Å²) in [5, 5.41) is 14.6.